The Morgan fingerprint density at radius 1 is 0.833 bits per heavy atom. The summed E-state index contributed by atoms with van der Waals surface area (Å²) in [6.07, 6.45) is 8.03. The molecule has 3 aliphatic heterocycles. The zero-order chi connectivity index (χ0) is 22.9. The molecule has 3 aliphatic rings. The first-order chi connectivity index (χ1) is 14.4. The molecule has 3 heterocycles. The molecule has 0 atom stereocenters. The Morgan fingerprint density at radius 3 is 1.60 bits per heavy atom. The van der Waals surface area contributed by atoms with Crippen LogP contribution in [0.2, 0.25) is 0 Å². The van der Waals surface area contributed by atoms with Crippen LogP contribution in [0, 0.1) is 5.92 Å². The molecule has 0 aromatic carbocycles. The van der Waals surface area contributed by atoms with Crippen molar-refractivity contribution in [2.75, 3.05) is 60.4 Å². The highest BCUT2D eigenvalue weighted by Gasteiger charge is 2.29. The van der Waals surface area contributed by atoms with E-state index in [9.17, 15) is 4.79 Å². The molecule has 0 aromatic rings. The molecule has 3 fully saturated rings. The highest BCUT2D eigenvalue weighted by molar-refractivity contribution is 5.70. The van der Waals surface area contributed by atoms with Crippen LogP contribution in [-0.4, -0.2) is 98.3 Å². The van der Waals surface area contributed by atoms with E-state index in [4.69, 9.17) is 5.11 Å². The first kappa shape index (κ1) is 29.3. The molecule has 6 heteroatoms. The second-order valence-corrected chi connectivity index (χ2v) is 8.76. The smallest absolute Gasteiger partial charge is 0.306 e. The number of nitrogens with one attached hydrogen (secondary N) is 1. The van der Waals surface area contributed by atoms with Crippen LogP contribution in [0.15, 0.2) is 0 Å². The predicted octanol–water partition coefficient (Wildman–Crippen LogP) is 3.62. The Hall–Kier alpha value is -0.690. The Labute approximate surface area is 187 Å². The SMILES string of the molecule is CC.CCC.CN1CCC(N2CCC(C(=O)O)CC2)CC1.CNC1CCN(C)CC1. The summed E-state index contributed by atoms with van der Waals surface area (Å²) in [5, 5.41) is 12.2. The molecule has 0 bridgehead atoms. The molecule has 30 heavy (non-hydrogen) atoms. The summed E-state index contributed by atoms with van der Waals surface area (Å²) in [6.45, 7) is 15.1. The van der Waals surface area contributed by atoms with Crippen LogP contribution in [0.1, 0.15) is 72.6 Å². The molecule has 0 aliphatic carbocycles. The first-order valence-electron chi connectivity index (χ1n) is 12.4. The van der Waals surface area contributed by atoms with Crippen LogP contribution < -0.4 is 5.32 Å². The number of hydrogen-bond acceptors (Lipinski definition) is 5. The van der Waals surface area contributed by atoms with Crippen molar-refractivity contribution >= 4 is 5.97 Å². The van der Waals surface area contributed by atoms with E-state index < -0.39 is 5.97 Å². The van der Waals surface area contributed by atoms with Crippen molar-refractivity contribution < 1.29 is 9.90 Å². The van der Waals surface area contributed by atoms with Gasteiger partial charge >= 0.3 is 5.97 Å². The highest BCUT2D eigenvalue weighted by Crippen LogP contribution is 2.23. The van der Waals surface area contributed by atoms with E-state index in [1.807, 2.05) is 13.8 Å². The Morgan fingerprint density at radius 2 is 1.23 bits per heavy atom. The third-order valence-electron chi connectivity index (χ3n) is 6.21. The minimum absolute atomic E-state index is 0.0949. The van der Waals surface area contributed by atoms with E-state index in [0.717, 1.165) is 32.0 Å². The molecule has 0 radical (unpaired) electrons. The van der Waals surface area contributed by atoms with E-state index in [0.29, 0.717) is 6.04 Å². The zero-order valence-electron chi connectivity index (χ0n) is 21.1. The molecule has 0 aromatic heterocycles. The maximum Gasteiger partial charge on any atom is 0.306 e. The molecule has 0 spiro atoms. The van der Waals surface area contributed by atoms with Crippen LogP contribution in [0.5, 0.6) is 0 Å². The van der Waals surface area contributed by atoms with Gasteiger partial charge in [-0.25, -0.2) is 0 Å². The van der Waals surface area contributed by atoms with Gasteiger partial charge in [0.2, 0.25) is 0 Å². The summed E-state index contributed by atoms with van der Waals surface area (Å²) >= 11 is 0. The molecular formula is C24H52N4O2. The van der Waals surface area contributed by atoms with Gasteiger partial charge in [-0.1, -0.05) is 34.1 Å². The van der Waals surface area contributed by atoms with E-state index in [1.165, 1.54) is 58.3 Å². The van der Waals surface area contributed by atoms with Crippen molar-refractivity contribution in [3.05, 3.63) is 0 Å². The molecular weight excluding hydrogens is 376 g/mol. The number of hydrogen-bond donors (Lipinski definition) is 2. The zero-order valence-corrected chi connectivity index (χ0v) is 21.1. The molecule has 3 saturated heterocycles. The largest absolute Gasteiger partial charge is 0.481 e. The van der Waals surface area contributed by atoms with Crippen molar-refractivity contribution in [2.45, 2.75) is 84.7 Å². The topological polar surface area (TPSA) is 59.1 Å². The van der Waals surface area contributed by atoms with Crippen LogP contribution >= 0.6 is 0 Å². The number of piperidine rings is 3. The lowest BCUT2D eigenvalue weighted by molar-refractivity contribution is -0.143. The van der Waals surface area contributed by atoms with Gasteiger partial charge in [-0.15, -0.1) is 0 Å². The lowest BCUT2D eigenvalue weighted by atomic mass is 9.94. The summed E-state index contributed by atoms with van der Waals surface area (Å²) in [6, 6.07) is 1.48. The van der Waals surface area contributed by atoms with E-state index >= 15 is 0 Å². The quantitative estimate of drug-likeness (QED) is 0.716. The van der Waals surface area contributed by atoms with Crippen molar-refractivity contribution in [3.63, 3.8) is 0 Å². The number of carboxylic acids is 1. The molecule has 180 valence electrons. The highest BCUT2D eigenvalue weighted by atomic mass is 16.4. The monoisotopic (exact) mass is 428 g/mol. The van der Waals surface area contributed by atoms with Crippen molar-refractivity contribution in [1.82, 2.24) is 20.0 Å². The Kier molecular flexibility index (Phi) is 17.5. The number of nitrogens with zero attached hydrogens (tertiary/aromatic N) is 3. The minimum atomic E-state index is -0.608. The van der Waals surface area contributed by atoms with Crippen LogP contribution in [-0.2, 0) is 4.79 Å². The van der Waals surface area contributed by atoms with Gasteiger partial charge in [-0.2, -0.15) is 0 Å². The number of carboxylic acid groups (broad SMARTS) is 1. The lowest BCUT2D eigenvalue weighted by Crippen LogP contribution is -2.47. The van der Waals surface area contributed by atoms with Gasteiger partial charge in [-0.05, 0) is 98.9 Å². The van der Waals surface area contributed by atoms with E-state index in [-0.39, 0.29) is 5.92 Å². The summed E-state index contributed by atoms with van der Waals surface area (Å²) in [5.41, 5.74) is 0. The fraction of sp³-hybridized carbons (Fsp3) is 0.958. The third kappa shape index (κ3) is 12.2. The van der Waals surface area contributed by atoms with Gasteiger partial charge in [-0.3, -0.25) is 4.79 Å². The van der Waals surface area contributed by atoms with Crippen molar-refractivity contribution in [3.8, 4) is 0 Å². The summed E-state index contributed by atoms with van der Waals surface area (Å²) in [4.78, 5) is 18.1. The second-order valence-electron chi connectivity index (χ2n) is 8.76. The lowest BCUT2D eigenvalue weighted by Gasteiger charge is -2.40. The molecule has 2 N–H and O–H groups in total. The molecule has 3 rings (SSSR count). The number of rotatable bonds is 3. The van der Waals surface area contributed by atoms with Crippen LogP contribution in [0.4, 0.5) is 0 Å². The number of aliphatic carboxylic acids is 1. The second kappa shape index (κ2) is 17.9. The van der Waals surface area contributed by atoms with Gasteiger partial charge in [0.1, 0.15) is 0 Å². The van der Waals surface area contributed by atoms with E-state index in [2.05, 4.69) is 55.0 Å². The maximum atomic E-state index is 10.9. The van der Waals surface area contributed by atoms with Gasteiger partial charge in [0.15, 0.2) is 0 Å². The predicted molar refractivity (Wildman–Crippen MR) is 129 cm³/mol. The standard InChI is InChI=1S/C12H22N2O2.C7H16N2.C3H8.C2H6/c1-13-6-4-11(5-7-13)14-8-2-10(3-9-14)12(15)16;1-8-7-3-5-9(2)6-4-7;1-3-2;1-2/h10-11H,2-9H2,1H3,(H,15,16);7-8H,3-6H2,1-2H3;3H2,1-2H3;1-2H3. The fourth-order valence-electron chi connectivity index (χ4n) is 4.17. The normalized spacial score (nSPS) is 22.6. The average molecular weight is 429 g/mol. The van der Waals surface area contributed by atoms with Crippen LogP contribution in [0.25, 0.3) is 0 Å². The number of likely N-dealkylation sites (tertiary alicyclic amines) is 3. The maximum absolute atomic E-state index is 10.9. The first-order valence-corrected chi connectivity index (χ1v) is 12.4. The summed E-state index contributed by atoms with van der Waals surface area (Å²) in [5.74, 6) is -0.703. The molecule has 6 nitrogen and oxygen atoms in total. The molecule has 0 amide bonds. The minimum Gasteiger partial charge on any atom is -0.481 e. The third-order valence-corrected chi connectivity index (χ3v) is 6.21. The summed E-state index contributed by atoms with van der Waals surface area (Å²) < 4.78 is 0. The van der Waals surface area contributed by atoms with Gasteiger partial charge in [0, 0.05) is 12.1 Å². The Balaban J connectivity index is 0.000000508. The van der Waals surface area contributed by atoms with Crippen molar-refractivity contribution in [1.29, 1.82) is 0 Å². The van der Waals surface area contributed by atoms with Gasteiger partial charge in [0.05, 0.1) is 5.92 Å². The van der Waals surface area contributed by atoms with Gasteiger partial charge in [0.25, 0.3) is 0 Å². The van der Waals surface area contributed by atoms with E-state index in [1.54, 1.807) is 0 Å². The summed E-state index contributed by atoms with van der Waals surface area (Å²) in [7, 11) is 6.41. The molecule has 0 unspecified atom stereocenters. The number of carbonyl (C=O) groups is 1. The van der Waals surface area contributed by atoms with Gasteiger partial charge < -0.3 is 25.1 Å². The fourth-order valence-corrected chi connectivity index (χ4v) is 4.17. The van der Waals surface area contributed by atoms with Crippen LogP contribution in [0.3, 0.4) is 0 Å². The molecule has 0 saturated carbocycles. The van der Waals surface area contributed by atoms with Crippen molar-refractivity contribution in [2.24, 2.45) is 5.92 Å². The average Bonchev–Trinajstić information content (AvgIpc) is 2.77. The Bertz CT molecular complexity index is 398.